The highest BCUT2D eigenvalue weighted by Crippen LogP contribution is 2.42. The number of carbonyl (C=O) groups excluding carboxylic acids is 1. The number of fused-ring (bicyclic) bond motifs is 6. The maximum atomic E-state index is 15.2. The van der Waals surface area contributed by atoms with E-state index in [4.69, 9.17) is 14.4 Å². The number of likely N-dealkylation sites (tertiary alicyclic amines) is 1. The number of nitrogens with zero attached hydrogens (tertiary/aromatic N) is 5. The largest absolute Gasteiger partial charge is 0.455 e. The van der Waals surface area contributed by atoms with E-state index in [-0.39, 0.29) is 29.1 Å². The number of aromatic nitrogens is 3. The van der Waals surface area contributed by atoms with Gasteiger partial charge in [0.25, 0.3) is 5.91 Å². The molecule has 3 aromatic carbocycles. The van der Waals surface area contributed by atoms with Crippen molar-refractivity contribution >= 4 is 59.9 Å². The van der Waals surface area contributed by atoms with Gasteiger partial charge in [-0.3, -0.25) is 23.4 Å². The van der Waals surface area contributed by atoms with Crippen LogP contribution in [-0.2, 0) is 16.6 Å². The molecule has 0 bridgehead atoms. The number of pyridine rings is 1. The first-order chi connectivity index (χ1) is 24.4. The molecule has 5 heterocycles. The molecule has 14 heteroatoms. The summed E-state index contributed by atoms with van der Waals surface area (Å²) >= 11 is 0. The number of anilines is 1. The van der Waals surface area contributed by atoms with Gasteiger partial charge in [0.2, 0.25) is 10.0 Å². The number of nitrogens with one attached hydrogen (secondary N) is 1. The summed E-state index contributed by atoms with van der Waals surface area (Å²) in [5.74, 6) is -0.555. The number of amides is 1. The molecule has 7 aromatic rings. The number of benzene rings is 3. The smallest absolute Gasteiger partial charge is 0.255 e. The Kier molecular flexibility index (Phi) is 7.76. The number of hydrogen-bond donors (Lipinski definition) is 1. The summed E-state index contributed by atoms with van der Waals surface area (Å²) in [5, 5.41) is 4.01. The van der Waals surface area contributed by atoms with Crippen LogP contribution in [0.2, 0.25) is 0 Å². The van der Waals surface area contributed by atoms with Crippen molar-refractivity contribution in [3.8, 4) is 22.6 Å². The molecule has 10 nitrogen and oxygen atoms in total. The first-order valence-electron chi connectivity index (χ1n) is 16.2. The molecule has 1 saturated heterocycles. The Morgan fingerprint density at radius 3 is 2.53 bits per heavy atom. The second-order valence-corrected chi connectivity index (χ2v) is 14.8. The third-order valence-corrected chi connectivity index (χ3v) is 10.7. The van der Waals surface area contributed by atoms with Crippen molar-refractivity contribution in [1.29, 1.82) is 0 Å². The third-order valence-electron chi connectivity index (χ3n) is 9.52. The van der Waals surface area contributed by atoms with Gasteiger partial charge in [0.1, 0.15) is 35.0 Å². The van der Waals surface area contributed by atoms with Crippen LogP contribution in [0.1, 0.15) is 22.6 Å². The molecule has 1 N–H and O–H groups in total. The number of hydrogen-bond acceptors (Lipinski definition) is 7. The molecule has 4 aromatic heterocycles. The average Bonchev–Trinajstić information content (AvgIpc) is 3.82. The zero-order chi connectivity index (χ0) is 35.8. The Bertz CT molecular complexity index is 2660. The van der Waals surface area contributed by atoms with Crippen molar-refractivity contribution in [3.05, 3.63) is 95.9 Å². The fraction of sp³-hybridized carbons (Fsp3) is 0.216. The van der Waals surface area contributed by atoms with Gasteiger partial charge in [0.05, 0.1) is 52.5 Å². The molecule has 0 radical (unpaired) electrons. The van der Waals surface area contributed by atoms with Crippen molar-refractivity contribution in [2.75, 3.05) is 37.7 Å². The zero-order valence-electron chi connectivity index (χ0n) is 27.7. The minimum atomic E-state index is -3.80. The molecule has 260 valence electrons. The first kappa shape index (κ1) is 32.7. The highest BCUT2D eigenvalue weighted by molar-refractivity contribution is 7.92. The molecule has 1 fully saturated rings. The van der Waals surface area contributed by atoms with Gasteiger partial charge in [0.15, 0.2) is 0 Å². The molecule has 1 aliphatic rings. The van der Waals surface area contributed by atoms with E-state index in [9.17, 15) is 22.0 Å². The molecule has 0 unspecified atom stereocenters. The Hall–Kier alpha value is -5.47. The Morgan fingerprint density at radius 1 is 1.04 bits per heavy atom. The SMILES string of the molecule is CNC(=O)c1c(-c2ccc(F)cc2)oc2cc(N(C)S(C)(=O)=O)c(-c3cc4c(cn3)nc(CN3CC[C@H](F)C3)n3c5cccc(F)c5cc43)cc12. The molecule has 8 rings (SSSR count). The summed E-state index contributed by atoms with van der Waals surface area (Å²) in [6.07, 6.45) is 2.14. The normalized spacial score (nSPS) is 15.5. The molecule has 1 aliphatic heterocycles. The summed E-state index contributed by atoms with van der Waals surface area (Å²) in [7, 11) is -0.925. The summed E-state index contributed by atoms with van der Waals surface area (Å²) in [6, 6.07) is 17.0. The maximum Gasteiger partial charge on any atom is 0.255 e. The number of sulfonamides is 1. The van der Waals surface area contributed by atoms with Gasteiger partial charge in [-0.05, 0) is 61.0 Å². The van der Waals surface area contributed by atoms with Gasteiger partial charge in [-0.1, -0.05) is 6.07 Å². The van der Waals surface area contributed by atoms with Crippen molar-refractivity contribution in [1.82, 2.24) is 24.6 Å². The molecular formula is C37H31F3N6O4S. The van der Waals surface area contributed by atoms with Crippen LogP contribution in [0, 0.1) is 11.6 Å². The van der Waals surface area contributed by atoms with Crippen LogP contribution in [0.5, 0.6) is 0 Å². The van der Waals surface area contributed by atoms with Crippen LogP contribution < -0.4 is 9.62 Å². The lowest BCUT2D eigenvalue weighted by Crippen LogP contribution is -2.25. The van der Waals surface area contributed by atoms with Crippen LogP contribution in [0.4, 0.5) is 18.9 Å². The van der Waals surface area contributed by atoms with Gasteiger partial charge < -0.3 is 9.73 Å². The van der Waals surface area contributed by atoms with Crippen molar-refractivity contribution in [2.45, 2.75) is 19.1 Å². The minimum absolute atomic E-state index is 0.175. The van der Waals surface area contributed by atoms with E-state index in [1.807, 2.05) is 9.30 Å². The van der Waals surface area contributed by atoms with E-state index in [1.54, 1.807) is 36.5 Å². The predicted octanol–water partition coefficient (Wildman–Crippen LogP) is 6.69. The van der Waals surface area contributed by atoms with E-state index < -0.39 is 33.7 Å². The van der Waals surface area contributed by atoms with E-state index in [1.165, 1.54) is 50.5 Å². The standard InChI is InChI=1S/C37H31F3N6O4S/c1-41-37(47)35-26-13-24(31(44(2)51(3,48)49)16-33(26)50-36(35)20-7-9-21(38)10-8-20)28-14-25-29(17-42-28)43-34(19-45-12-11-22(39)18-45)46-30-6-4-5-27(40)23(30)15-32(25)46/h4-10,13-17,22H,11-12,18-19H2,1-3H3,(H,41,47)/t22-/m0/s1. The molecule has 51 heavy (non-hydrogen) atoms. The number of rotatable bonds is 7. The van der Waals surface area contributed by atoms with Gasteiger partial charge in [-0.15, -0.1) is 0 Å². The van der Waals surface area contributed by atoms with Crippen molar-refractivity contribution < 1.29 is 30.8 Å². The lowest BCUT2D eigenvalue weighted by atomic mass is 10.00. The molecule has 0 saturated carbocycles. The Balaban J connectivity index is 1.39. The van der Waals surface area contributed by atoms with Gasteiger partial charge in [-0.2, -0.15) is 0 Å². The molecule has 0 spiro atoms. The van der Waals surface area contributed by atoms with E-state index in [0.717, 1.165) is 10.6 Å². The lowest BCUT2D eigenvalue weighted by molar-refractivity contribution is 0.0964. The first-order valence-corrected chi connectivity index (χ1v) is 18.0. The van der Waals surface area contributed by atoms with Crippen LogP contribution >= 0.6 is 0 Å². The van der Waals surface area contributed by atoms with Crippen LogP contribution in [0.15, 0.2) is 77.3 Å². The van der Waals surface area contributed by atoms with Gasteiger partial charge in [-0.25, -0.2) is 26.6 Å². The quantitative estimate of drug-likeness (QED) is 0.196. The van der Waals surface area contributed by atoms with E-state index >= 15 is 4.39 Å². The second-order valence-electron chi connectivity index (χ2n) is 12.8. The van der Waals surface area contributed by atoms with Gasteiger partial charge in [0, 0.05) is 60.5 Å². The second kappa shape index (κ2) is 12.1. The number of furan rings is 1. The van der Waals surface area contributed by atoms with Crippen molar-refractivity contribution in [3.63, 3.8) is 0 Å². The molecule has 0 aliphatic carbocycles. The highest BCUT2D eigenvalue weighted by Gasteiger charge is 2.28. The zero-order valence-corrected chi connectivity index (χ0v) is 28.6. The summed E-state index contributed by atoms with van der Waals surface area (Å²) in [4.78, 5) is 25.0. The number of carbonyl (C=O) groups is 1. The van der Waals surface area contributed by atoms with E-state index in [2.05, 4.69) is 5.32 Å². The predicted molar refractivity (Wildman–Crippen MR) is 190 cm³/mol. The third kappa shape index (κ3) is 5.54. The average molecular weight is 713 g/mol. The van der Waals surface area contributed by atoms with Gasteiger partial charge >= 0.3 is 0 Å². The summed E-state index contributed by atoms with van der Waals surface area (Å²) < 4.78 is 78.2. The van der Waals surface area contributed by atoms with Crippen LogP contribution in [0.3, 0.4) is 0 Å². The summed E-state index contributed by atoms with van der Waals surface area (Å²) in [6.45, 7) is 1.19. The van der Waals surface area contributed by atoms with Crippen LogP contribution in [0.25, 0.3) is 60.9 Å². The topological polar surface area (TPSA) is 113 Å². The Labute approximate surface area is 290 Å². The minimum Gasteiger partial charge on any atom is -0.455 e. The monoisotopic (exact) mass is 712 g/mol. The number of alkyl halides is 1. The molecule has 1 amide bonds. The van der Waals surface area contributed by atoms with E-state index in [0.29, 0.717) is 74.9 Å². The maximum absolute atomic E-state index is 15.2. The number of halogens is 3. The lowest BCUT2D eigenvalue weighted by Gasteiger charge is -2.21. The fourth-order valence-electron chi connectivity index (χ4n) is 6.92. The van der Waals surface area contributed by atoms with Crippen molar-refractivity contribution in [2.24, 2.45) is 0 Å². The Morgan fingerprint density at radius 2 is 1.82 bits per heavy atom. The molecule has 1 atom stereocenters. The van der Waals surface area contributed by atoms with Crippen LogP contribution in [-0.4, -0.2) is 73.2 Å². The highest BCUT2D eigenvalue weighted by atomic mass is 32.2. The summed E-state index contributed by atoms with van der Waals surface area (Å²) in [5.41, 5.74) is 3.54. The fourth-order valence-corrected chi connectivity index (χ4v) is 7.42. The molecular weight excluding hydrogens is 682 g/mol.